The second-order valence-electron chi connectivity index (χ2n) is 6.46. The third-order valence-electron chi connectivity index (χ3n) is 4.46. The molecule has 0 fully saturated rings. The second kappa shape index (κ2) is 8.48. The zero-order chi connectivity index (χ0) is 19.3. The van der Waals surface area contributed by atoms with E-state index in [0.717, 1.165) is 35.0 Å². The van der Waals surface area contributed by atoms with Crippen LogP contribution in [0.4, 0.5) is 0 Å². The van der Waals surface area contributed by atoms with Crippen molar-refractivity contribution in [2.75, 3.05) is 12.4 Å². The molecule has 6 nitrogen and oxygen atoms in total. The summed E-state index contributed by atoms with van der Waals surface area (Å²) in [4.78, 5) is 12.8. The highest BCUT2D eigenvalue weighted by atomic mass is 32.2. The minimum atomic E-state index is -0.00911. The van der Waals surface area contributed by atoms with Gasteiger partial charge in [-0.2, -0.15) is 0 Å². The number of aryl methyl sites for hydroxylation is 1. The van der Waals surface area contributed by atoms with Crippen LogP contribution in [0.2, 0.25) is 0 Å². The highest BCUT2D eigenvalue weighted by Crippen LogP contribution is 2.22. The van der Waals surface area contributed by atoms with Crippen LogP contribution < -0.4 is 10.3 Å². The summed E-state index contributed by atoms with van der Waals surface area (Å²) in [5, 5.41) is 10.2. The Bertz CT molecular complexity index is 1140. The lowest BCUT2D eigenvalue weighted by atomic mass is 10.2. The molecule has 0 aliphatic heterocycles. The summed E-state index contributed by atoms with van der Waals surface area (Å²) >= 11 is 1.63. The van der Waals surface area contributed by atoms with E-state index in [0.29, 0.717) is 24.3 Å². The van der Waals surface area contributed by atoms with Gasteiger partial charge in [-0.05, 0) is 37.1 Å². The van der Waals surface area contributed by atoms with Crippen molar-refractivity contribution in [3.05, 3.63) is 65.0 Å². The normalized spacial score (nSPS) is 11.3. The fourth-order valence-corrected chi connectivity index (χ4v) is 4.03. The fourth-order valence-electron chi connectivity index (χ4n) is 3.18. The predicted molar refractivity (Wildman–Crippen MR) is 112 cm³/mol. The van der Waals surface area contributed by atoms with Crippen LogP contribution in [-0.4, -0.2) is 31.5 Å². The van der Waals surface area contributed by atoms with Crippen molar-refractivity contribution >= 4 is 28.4 Å². The van der Waals surface area contributed by atoms with Gasteiger partial charge in [0.1, 0.15) is 5.75 Å². The quantitative estimate of drug-likeness (QED) is 0.334. The lowest BCUT2D eigenvalue weighted by molar-refractivity contribution is 0.318. The van der Waals surface area contributed by atoms with Gasteiger partial charge in [0.25, 0.3) is 5.56 Å². The van der Waals surface area contributed by atoms with Crippen LogP contribution in [0.5, 0.6) is 5.75 Å². The van der Waals surface area contributed by atoms with Crippen LogP contribution >= 0.6 is 11.8 Å². The molecule has 0 spiro atoms. The molecule has 0 radical (unpaired) electrons. The molecule has 0 saturated carbocycles. The number of aromatic nitrogens is 4. The molecule has 2 aromatic carbocycles. The van der Waals surface area contributed by atoms with Gasteiger partial charge in [0.2, 0.25) is 5.78 Å². The Labute approximate surface area is 167 Å². The molecule has 0 bridgehead atoms. The first-order valence-electron chi connectivity index (χ1n) is 9.47. The van der Waals surface area contributed by atoms with E-state index >= 15 is 0 Å². The Morgan fingerprint density at radius 3 is 2.64 bits per heavy atom. The number of hydrogen-bond donors (Lipinski definition) is 0. The minimum absolute atomic E-state index is 0.00911. The van der Waals surface area contributed by atoms with Gasteiger partial charge in [0.05, 0.1) is 17.5 Å². The Hall–Kier alpha value is -2.80. The number of benzene rings is 2. The average Bonchev–Trinajstić information content (AvgIpc) is 3.15. The summed E-state index contributed by atoms with van der Waals surface area (Å²) in [5.41, 5.74) is 0.841. The SMILES string of the molecule is CCCn1c(=O)c2ccccc2n2c(SCCCOc3ccccc3)nnc12. The lowest BCUT2D eigenvalue weighted by Crippen LogP contribution is -2.23. The van der Waals surface area contributed by atoms with Gasteiger partial charge in [0, 0.05) is 12.3 Å². The second-order valence-corrected chi connectivity index (χ2v) is 7.52. The van der Waals surface area contributed by atoms with Crippen molar-refractivity contribution < 1.29 is 4.74 Å². The van der Waals surface area contributed by atoms with Crippen LogP contribution in [0.1, 0.15) is 19.8 Å². The van der Waals surface area contributed by atoms with E-state index < -0.39 is 0 Å². The highest BCUT2D eigenvalue weighted by molar-refractivity contribution is 7.99. The number of rotatable bonds is 8. The summed E-state index contributed by atoms with van der Waals surface area (Å²) < 4.78 is 9.46. The molecule has 0 amide bonds. The maximum absolute atomic E-state index is 12.8. The fraction of sp³-hybridized carbons (Fsp3) is 0.286. The molecule has 2 heterocycles. The van der Waals surface area contributed by atoms with Gasteiger partial charge < -0.3 is 4.74 Å². The van der Waals surface area contributed by atoms with Crippen LogP contribution in [-0.2, 0) is 6.54 Å². The van der Waals surface area contributed by atoms with E-state index in [1.165, 1.54) is 0 Å². The zero-order valence-electron chi connectivity index (χ0n) is 15.7. The van der Waals surface area contributed by atoms with Crippen molar-refractivity contribution in [1.82, 2.24) is 19.2 Å². The summed E-state index contributed by atoms with van der Waals surface area (Å²) in [6.07, 6.45) is 1.75. The first-order chi connectivity index (χ1) is 13.8. The standard InChI is InChI=1S/C21H22N4O2S/c1-2-13-24-19(26)17-11-6-7-12-18(17)25-20(24)22-23-21(25)28-15-8-14-27-16-9-4-3-5-10-16/h3-7,9-12H,2,8,13-15H2,1H3. The summed E-state index contributed by atoms with van der Waals surface area (Å²) in [5.74, 6) is 2.35. The number of ether oxygens (including phenoxy) is 1. The smallest absolute Gasteiger partial charge is 0.262 e. The van der Waals surface area contributed by atoms with E-state index in [9.17, 15) is 4.79 Å². The van der Waals surface area contributed by atoms with Crippen molar-refractivity contribution in [3.8, 4) is 5.75 Å². The van der Waals surface area contributed by atoms with Crippen molar-refractivity contribution in [1.29, 1.82) is 0 Å². The van der Waals surface area contributed by atoms with Crippen molar-refractivity contribution in [3.63, 3.8) is 0 Å². The number of thioether (sulfide) groups is 1. The molecule has 0 unspecified atom stereocenters. The van der Waals surface area contributed by atoms with Crippen molar-refractivity contribution in [2.24, 2.45) is 0 Å². The van der Waals surface area contributed by atoms with Crippen LogP contribution in [0.15, 0.2) is 64.5 Å². The largest absolute Gasteiger partial charge is 0.494 e. The number of hydrogen-bond acceptors (Lipinski definition) is 5. The monoisotopic (exact) mass is 394 g/mol. The van der Waals surface area contributed by atoms with E-state index in [1.807, 2.05) is 59.0 Å². The van der Waals surface area contributed by atoms with Gasteiger partial charge in [-0.25, -0.2) is 0 Å². The Morgan fingerprint density at radius 1 is 1.04 bits per heavy atom. The molecule has 7 heteroatoms. The van der Waals surface area contributed by atoms with Crippen LogP contribution in [0, 0.1) is 0 Å². The van der Waals surface area contributed by atoms with E-state index in [1.54, 1.807) is 16.3 Å². The van der Waals surface area contributed by atoms with E-state index in [2.05, 4.69) is 17.1 Å². The van der Waals surface area contributed by atoms with Gasteiger partial charge >= 0.3 is 0 Å². The number of fused-ring (bicyclic) bond motifs is 3. The molecule has 0 saturated heterocycles. The topological polar surface area (TPSA) is 61.4 Å². The summed E-state index contributed by atoms with van der Waals surface area (Å²) in [7, 11) is 0. The Balaban J connectivity index is 1.55. The molecular formula is C21H22N4O2S. The minimum Gasteiger partial charge on any atom is -0.494 e. The molecule has 4 rings (SSSR count). The Morgan fingerprint density at radius 2 is 1.82 bits per heavy atom. The molecule has 0 atom stereocenters. The van der Waals surface area contributed by atoms with Gasteiger partial charge in [0.15, 0.2) is 5.16 Å². The number of para-hydroxylation sites is 2. The first kappa shape index (κ1) is 18.6. The zero-order valence-corrected chi connectivity index (χ0v) is 16.6. The average molecular weight is 395 g/mol. The first-order valence-corrected chi connectivity index (χ1v) is 10.5. The van der Waals surface area contributed by atoms with E-state index in [4.69, 9.17) is 4.74 Å². The maximum atomic E-state index is 12.8. The molecule has 28 heavy (non-hydrogen) atoms. The van der Waals surface area contributed by atoms with Gasteiger partial charge in [-0.15, -0.1) is 10.2 Å². The summed E-state index contributed by atoms with van der Waals surface area (Å²) in [6, 6.07) is 17.5. The molecule has 0 aliphatic carbocycles. The lowest BCUT2D eigenvalue weighted by Gasteiger charge is -2.10. The van der Waals surface area contributed by atoms with Gasteiger partial charge in [-0.3, -0.25) is 13.8 Å². The van der Waals surface area contributed by atoms with Crippen molar-refractivity contribution in [2.45, 2.75) is 31.5 Å². The third kappa shape index (κ3) is 3.62. The van der Waals surface area contributed by atoms with Gasteiger partial charge in [-0.1, -0.05) is 49.0 Å². The number of nitrogens with zero attached hydrogens (tertiary/aromatic N) is 4. The molecular weight excluding hydrogens is 372 g/mol. The molecule has 0 aliphatic rings. The van der Waals surface area contributed by atoms with Crippen LogP contribution in [0.25, 0.3) is 16.7 Å². The molecule has 144 valence electrons. The van der Waals surface area contributed by atoms with E-state index in [-0.39, 0.29) is 5.56 Å². The molecule has 0 N–H and O–H groups in total. The third-order valence-corrected chi connectivity index (χ3v) is 5.47. The molecule has 2 aromatic heterocycles. The molecule has 4 aromatic rings. The predicted octanol–water partition coefficient (Wildman–Crippen LogP) is 4.02. The van der Waals surface area contributed by atoms with Crippen LogP contribution in [0.3, 0.4) is 0 Å². The summed E-state index contributed by atoms with van der Waals surface area (Å²) in [6.45, 7) is 3.33. The maximum Gasteiger partial charge on any atom is 0.262 e. The highest BCUT2D eigenvalue weighted by Gasteiger charge is 2.16. The Kier molecular flexibility index (Phi) is 5.62.